The quantitative estimate of drug-likeness (QED) is 0.0947. The lowest BCUT2D eigenvalue weighted by Gasteiger charge is -2.18. The van der Waals surface area contributed by atoms with Crippen LogP contribution in [-0.4, -0.2) is 34.9 Å². The van der Waals surface area contributed by atoms with Crippen molar-refractivity contribution in [2.45, 2.75) is 10.1 Å². The first-order valence-electron chi connectivity index (χ1n) is 14.2. The standard InChI is InChI=1S/C36H30N4O5S/c1-45-32-23-29(41)16-15-26(32)21-31(40-34(42)25-11-6-3-7-12-25)35(43)39-28-13-8-14-30(22-28)46-33(24-9-4-2-5-10-24)36(44)38-27-17-19-37-20-18-27/h2-23,33,41H,1H3,(H,39,43)(H,40,42)(H,37,38,44)/b31-21+. The highest BCUT2D eigenvalue weighted by Crippen LogP contribution is 2.37. The minimum atomic E-state index is -0.595. The minimum Gasteiger partial charge on any atom is -0.508 e. The lowest BCUT2D eigenvalue weighted by Crippen LogP contribution is -2.30. The zero-order chi connectivity index (χ0) is 32.3. The summed E-state index contributed by atoms with van der Waals surface area (Å²) in [5.74, 6) is -0.972. The van der Waals surface area contributed by atoms with Crippen molar-refractivity contribution in [3.63, 3.8) is 0 Å². The number of nitrogens with one attached hydrogen (secondary N) is 3. The van der Waals surface area contributed by atoms with Gasteiger partial charge in [0, 0.05) is 45.9 Å². The van der Waals surface area contributed by atoms with Crippen molar-refractivity contribution in [3.05, 3.63) is 150 Å². The van der Waals surface area contributed by atoms with E-state index in [1.54, 1.807) is 79.1 Å². The van der Waals surface area contributed by atoms with Crippen LogP contribution < -0.4 is 20.7 Å². The Kier molecular flexibility index (Phi) is 10.4. The van der Waals surface area contributed by atoms with Gasteiger partial charge in [-0.25, -0.2) is 0 Å². The first-order valence-corrected chi connectivity index (χ1v) is 15.1. The van der Waals surface area contributed by atoms with Gasteiger partial charge in [0.25, 0.3) is 11.8 Å². The van der Waals surface area contributed by atoms with E-state index in [0.29, 0.717) is 28.3 Å². The van der Waals surface area contributed by atoms with Crippen molar-refractivity contribution < 1.29 is 24.2 Å². The normalized spacial score (nSPS) is 11.6. The summed E-state index contributed by atoms with van der Waals surface area (Å²) in [7, 11) is 1.44. The fraction of sp³-hybridized carbons (Fsp3) is 0.0556. The molecule has 0 aliphatic rings. The largest absolute Gasteiger partial charge is 0.508 e. The number of carbonyl (C=O) groups excluding carboxylic acids is 3. The highest BCUT2D eigenvalue weighted by atomic mass is 32.2. The molecule has 5 aromatic rings. The number of carbonyl (C=O) groups is 3. The van der Waals surface area contributed by atoms with E-state index in [-0.39, 0.29) is 17.4 Å². The van der Waals surface area contributed by atoms with Gasteiger partial charge < -0.3 is 25.8 Å². The maximum absolute atomic E-state index is 13.7. The monoisotopic (exact) mass is 630 g/mol. The molecular weight excluding hydrogens is 600 g/mol. The van der Waals surface area contributed by atoms with Crippen LogP contribution in [0.4, 0.5) is 11.4 Å². The van der Waals surface area contributed by atoms with Crippen LogP contribution in [0.2, 0.25) is 0 Å². The average molecular weight is 631 g/mol. The molecule has 0 spiro atoms. The first kappa shape index (κ1) is 31.6. The Morgan fingerprint density at radius 1 is 0.804 bits per heavy atom. The molecule has 0 aliphatic carbocycles. The predicted octanol–water partition coefficient (Wildman–Crippen LogP) is 6.68. The van der Waals surface area contributed by atoms with Gasteiger partial charge in [0.15, 0.2) is 0 Å². The number of rotatable bonds is 11. The van der Waals surface area contributed by atoms with Crippen LogP contribution >= 0.6 is 11.8 Å². The number of aromatic nitrogens is 1. The number of phenols is 1. The zero-order valence-electron chi connectivity index (χ0n) is 24.7. The van der Waals surface area contributed by atoms with E-state index < -0.39 is 17.1 Å². The molecule has 0 bridgehead atoms. The van der Waals surface area contributed by atoms with E-state index in [4.69, 9.17) is 4.74 Å². The number of hydrogen-bond acceptors (Lipinski definition) is 7. The minimum absolute atomic E-state index is 0.00842. The number of amides is 3. The van der Waals surface area contributed by atoms with Gasteiger partial charge in [-0.1, -0.05) is 54.6 Å². The van der Waals surface area contributed by atoms with Crippen LogP contribution in [0.25, 0.3) is 6.08 Å². The van der Waals surface area contributed by atoms with Crippen LogP contribution in [0.3, 0.4) is 0 Å². The summed E-state index contributed by atoms with van der Waals surface area (Å²) in [5.41, 5.74) is 2.68. The third kappa shape index (κ3) is 8.40. The van der Waals surface area contributed by atoms with Crippen LogP contribution in [0.15, 0.2) is 138 Å². The Morgan fingerprint density at radius 2 is 1.52 bits per heavy atom. The van der Waals surface area contributed by atoms with Crippen LogP contribution in [-0.2, 0) is 9.59 Å². The van der Waals surface area contributed by atoms with Gasteiger partial charge in [-0.2, -0.15) is 0 Å². The van der Waals surface area contributed by atoms with Gasteiger partial charge in [0.1, 0.15) is 22.4 Å². The number of hydrogen-bond donors (Lipinski definition) is 4. The zero-order valence-corrected chi connectivity index (χ0v) is 25.5. The second-order valence-electron chi connectivity index (χ2n) is 9.92. The van der Waals surface area contributed by atoms with Gasteiger partial charge in [0.05, 0.1) is 7.11 Å². The van der Waals surface area contributed by atoms with Crippen molar-refractivity contribution >= 4 is 46.9 Å². The summed E-state index contributed by atoms with van der Waals surface area (Å²) in [6.45, 7) is 0. The number of anilines is 2. The van der Waals surface area contributed by atoms with Crippen molar-refractivity contribution in [1.82, 2.24) is 10.3 Å². The lowest BCUT2D eigenvalue weighted by molar-refractivity contribution is -0.116. The van der Waals surface area contributed by atoms with E-state index in [1.165, 1.54) is 37.1 Å². The van der Waals surface area contributed by atoms with E-state index in [9.17, 15) is 19.5 Å². The third-order valence-electron chi connectivity index (χ3n) is 6.68. The fourth-order valence-corrected chi connectivity index (χ4v) is 5.53. The molecule has 0 saturated carbocycles. The SMILES string of the molecule is COc1cc(O)ccc1/C=C(/NC(=O)c1ccccc1)C(=O)Nc1cccc(SC(C(=O)Nc2ccncc2)c2ccccc2)c1. The molecule has 10 heteroatoms. The third-order valence-corrected chi connectivity index (χ3v) is 7.93. The number of pyridine rings is 1. The van der Waals surface area contributed by atoms with Gasteiger partial charge in [-0.3, -0.25) is 19.4 Å². The molecule has 0 fully saturated rings. The highest BCUT2D eigenvalue weighted by Gasteiger charge is 2.23. The fourth-order valence-electron chi connectivity index (χ4n) is 4.44. The highest BCUT2D eigenvalue weighted by molar-refractivity contribution is 8.00. The Bertz CT molecular complexity index is 1850. The Labute approximate surface area is 270 Å². The maximum atomic E-state index is 13.7. The molecule has 0 saturated heterocycles. The Hall–Kier alpha value is -5.87. The number of phenolic OH excluding ortho intramolecular Hbond substituents is 1. The topological polar surface area (TPSA) is 130 Å². The lowest BCUT2D eigenvalue weighted by atomic mass is 10.1. The van der Waals surface area contributed by atoms with Crippen molar-refractivity contribution in [2.75, 3.05) is 17.7 Å². The molecule has 1 unspecified atom stereocenters. The number of thioether (sulfide) groups is 1. The Morgan fingerprint density at radius 3 is 2.24 bits per heavy atom. The van der Waals surface area contributed by atoms with E-state index >= 15 is 0 Å². The summed E-state index contributed by atoms with van der Waals surface area (Å²) >= 11 is 1.33. The molecule has 1 atom stereocenters. The van der Waals surface area contributed by atoms with Gasteiger partial charge in [-0.15, -0.1) is 11.8 Å². The summed E-state index contributed by atoms with van der Waals surface area (Å²) in [6.07, 6.45) is 4.69. The number of methoxy groups -OCH3 is 1. The number of nitrogens with zero attached hydrogens (tertiary/aromatic N) is 1. The number of benzene rings is 4. The molecule has 1 aromatic heterocycles. The molecule has 46 heavy (non-hydrogen) atoms. The van der Waals surface area contributed by atoms with Crippen LogP contribution in [0.5, 0.6) is 11.5 Å². The van der Waals surface area contributed by atoms with Crippen molar-refractivity contribution in [3.8, 4) is 11.5 Å². The van der Waals surface area contributed by atoms with E-state index in [0.717, 1.165) is 10.5 Å². The molecule has 5 rings (SSSR count). The molecular formula is C36H30N4O5S. The smallest absolute Gasteiger partial charge is 0.272 e. The summed E-state index contributed by atoms with van der Waals surface area (Å²) in [4.78, 5) is 44.9. The molecule has 0 radical (unpaired) electrons. The van der Waals surface area contributed by atoms with Crippen molar-refractivity contribution in [2.24, 2.45) is 0 Å². The molecule has 9 nitrogen and oxygen atoms in total. The molecule has 0 aliphatic heterocycles. The number of aromatic hydroxyl groups is 1. The second-order valence-corrected chi connectivity index (χ2v) is 11.1. The molecule has 230 valence electrons. The summed E-state index contributed by atoms with van der Waals surface area (Å²) in [6, 6.07) is 32.9. The molecule has 4 aromatic carbocycles. The van der Waals surface area contributed by atoms with Crippen molar-refractivity contribution in [1.29, 1.82) is 0 Å². The van der Waals surface area contributed by atoms with Gasteiger partial charge in [-0.05, 0) is 66.2 Å². The second kappa shape index (κ2) is 15.2. The maximum Gasteiger partial charge on any atom is 0.272 e. The van der Waals surface area contributed by atoms with Crippen LogP contribution in [0.1, 0.15) is 26.7 Å². The summed E-state index contributed by atoms with van der Waals surface area (Å²) < 4.78 is 5.37. The van der Waals surface area contributed by atoms with Gasteiger partial charge >= 0.3 is 0 Å². The predicted molar refractivity (Wildman–Crippen MR) is 180 cm³/mol. The van der Waals surface area contributed by atoms with Gasteiger partial charge in [0.2, 0.25) is 5.91 Å². The van der Waals surface area contributed by atoms with E-state index in [1.807, 2.05) is 36.4 Å². The average Bonchev–Trinajstić information content (AvgIpc) is 3.08. The number of ether oxygens (including phenoxy) is 1. The van der Waals surface area contributed by atoms with Crippen LogP contribution in [0, 0.1) is 0 Å². The first-order chi connectivity index (χ1) is 22.4. The summed E-state index contributed by atoms with van der Waals surface area (Å²) in [5, 5.41) is 17.8. The molecule has 3 amide bonds. The molecule has 4 N–H and O–H groups in total. The molecule has 1 heterocycles. The Balaban J connectivity index is 1.40. The van der Waals surface area contributed by atoms with E-state index in [2.05, 4.69) is 20.9 Å².